The minimum atomic E-state index is -1.42. The molecule has 174 valence electrons. The third-order valence-corrected chi connectivity index (χ3v) is 6.85. The maximum atomic E-state index is 15.6. The van der Waals surface area contributed by atoms with Crippen molar-refractivity contribution >= 4 is 39.0 Å². The highest BCUT2D eigenvalue weighted by molar-refractivity contribution is 9.10. The fraction of sp³-hybridized carbons (Fsp3) is 0.269. The average molecular weight is 522 g/mol. The normalized spacial score (nSPS) is 15.5. The summed E-state index contributed by atoms with van der Waals surface area (Å²) in [5, 5.41) is 7.91. The van der Waals surface area contributed by atoms with Gasteiger partial charge in [0, 0.05) is 43.9 Å². The number of likely N-dealkylation sites (tertiary alicyclic amines) is 1. The van der Waals surface area contributed by atoms with Gasteiger partial charge in [-0.3, -0.25) is 4.79 Å². The van der Waals surface area contributed by atoms with Gasteiger partial charge in [-0.1, -0.05) is 42.5 Å². The molecule has 1 N–H and O–H groups in total. The number of nitrogens with one attached hydrogen (secondary N) is 1. The Bertz CT molecular complexity index is 1360. The highest BCUT2D eigenvalue weighted by Gasteiger charge is 2.38. The fourth-order valence-electron chi connectivity index (χ4n) is 4.44. The summed E-state index contributed by atoms with van der Waals surface area (Å²) in [5.41, 5.74) is 3.29. The minimum Gasteiger partial charge on any atom is -0.339 e. The van der Waals surface area contributed by atoms with Crippen molar-refractivity contribution in [3.63, 3.8) is 0 Å². The number of aryl methyl sites for hydroxylation is 2. The van der Waals surface area contributed by atoms with Gasteiger partial charge in [0.15, 0.2) is 5.65 Å². The van der Waals surface area contributed by atoms with Crippen LogP contribution in [0.5, 0.6) is 0 Å². The summed E-state index contributed by atoms with van der Waals surface area (Å²) in [5.74, 6) is 0.346. The topological polar surface area (TPSA) is 62.5 Å². The van der Waals surface area contributed by atoms with Gasteiger partial charge in [0.05, 0.1) is 0 Å². The molecule has 0 saturated carbocycles. The van der Waals surface area contributed by atoms with E-state index < -0.39 is 5.67 Å². The maximum absolute atomic E-state index is 15.6. The van der Waals surface area contributed by atoms with Gasteiger partial charge in [-0.2, -0.15) is 9.61 Å². The van der Waals surface area contributed by atoms with Gasteiger partial charge in [0.2, 0.25) is 0 Å². The van der Waals surface area contributed by atoms with E-state index in [4.69, 9.17) is 0 Å². The number of rotatable bonds is 4. The Hall–Kier alpha value is -3.26. The molecule has 3 heterocycles. The van der Waals surface area contributed by atoms with Crippen molar-refractivity contribution in [3.05, 3.63) is 87.7 Å². The highest BCUT2D eigenvalue weighted by Crippen LogP contribution is 2.37. The first-order valence-electron chi connectivity index (χ1n) is 11.3. The van der Waals surface area contributed by atoms with E-state index in [0.717, 1.165) is 16.8 Å². The van der Waals surface area contributed by atoms with Crippen LogP contribution in [0.25, 0.3) is 5.65 Å². The second kappa shape index (κ2) is 8.83. The lowest BCUT2D eigenvalue weighted by molar-refractivity contribution is 0.0421. The summed E-state index contributed by atoms with van der Waals surface area (Å²) in [7, 11) is 0. The minimum absolute atomic E-state index is 0.191. The van der Waals surface area contributed by atoms with Crippen LogP contribution >= 0.6 is 15.9 Å². The molecule has 0 atom stereocenters. The van der Waals surface area contributed by atoms with Crippen LogP contribution < -0.4 is 5.32 Å². The first kappa shape index (κ1) is 22.5. The molecule has 0 radical (unpaired) electrons. The Morgan fingerprint density at radius 1 is 1.09 bits per heavy atom. The fourth-order valence-corrected chi connectivity index (χ4v) is 4.80. The second-order valence-corrected chi connectivity index (χ2v) is 9.64. The van der Waals surface area contributed by atoms with Crippen LogP contribution in [0, 0.1) is 13.8 Å². The first-order valence-corrected chi connectivity index (χ1v) is 12.1. The molecule has 6 nitrogen and oxygen atoms in total. The summed E-state index contributed by atoms with van der Waals surface area (Å²) < 4.78 is 17.9. The summed E-state index contributed by atoms with van der Waals surface area (Å²) >= 11 is 3.41. The van der Waals surface area contributed by atoms with Gasteiger partial charge in [-0.05, 0) is 52.5 Å². The Morgan fingerprint density at radius 2 is 1.82 bits per heavy atom. The lowest BCUT2D eigenvalue weighted by Crippen LogP contribution is -2.43. The molecular formula is C26H25BrFN5O. The van der Waals surface area contributed by atoms with Crippen molar-refractivity contribution in [3.8, 4) is 0 Å². The third kappa shape index (κ3) is 4.18. The molecule has 1 aliphatic rings. The molecule has 0 spiro atoms. The molecule has 5 rings (SSSR count). The van der Waals surface area contributed by atoms with Crippen LogP contribution in [-0.4, -0.2) is 38.5 Å². The third-order valence-electron chi connectivity index (χ3n) is 6.46. The van der Waals surface area contributed by atoms with Crippen LogP contribution in [0.4, 0.5) is 15.9 Å². The molecule has 0 aliphatic carbocycles. The van der Waals surface area contributed by atoms with Crippen molar-refractivity contribution in [1.82, 2.24) is 19.5 Å². The van der Waals surface area contributed by atoms with E-state index >= 15 is 4.39 Å². The molecule has 2 aromatic carbocycles. The van der Waals surface area contributed by atoms with Crippen LogP contribution in [0.1, 0.15) is 39.9 Å². The van der Waals surface area contributed by atoms with E-state index in [0.29, 0.717) is 40.3 Å². The van der Waals surface area contributed by atoms with E-state index in [1.54, 1.807) is 21.7 Å². The Kier molecular flexibility index (Phi) is 5.85. The number of piperidine rings is 1. The number of alkyl halides is 1. The zero-order valence-electron chi connectivity index (χ0n) is 19.1. The van der Waals surface area contributed by atoms with Crippen molar-refractivity contribution in [2.24, 2.45) is 0 Å². The number of carbonyl (C=O) groups is 1. The van der Waals surface area contributed by atoms with Gasteiger partial charge in [-0.25, -0.2) is 9.37 Å². The SMILES string of the molecule is Cc1ccc(C)c(Nc2c(C(=O)N3CCC(F)(c4ccccc4)CC3)cnc3cc(Br)nn23)c1. The monoisotopic (exact) mass is 521 g/mol. The zero-order valence-corrected chi connectivity index (χ0v) is 20.6. The van der Waals surface area contributed by atoms with E-state index in [9.17, 15) is 4.79 Å². The largest absolute Gasteiger partial charge is 0.339 e. The standard InChI is InChI=1S/C26H25BrFN5O/c1-17-8-9-18(2)21(14-17)30-24-20(16-29-23-15-22(27)31-33(23)24)25(34)32-12-10-26(28,11-13-32)19-6-4-3-5-7-19/h3-9,14-16,30H,10-13H2,1-2H3. The van der Waals surface area contributed by atoms with Crippen molar-refractivity contribution in [2.75, 3.05) is 18.4 Å². The lowest BCUT2D eigenvalue weighted by Gasteiger charge is -2.37. The van der Waals surface area contributed by atoms with E-state index in [2.05, 4.69) is 31.3 Å². The van der Waals surface area contributed by atoms with Crippen molar-refractivity contribution in [1.29, 1.82) is 0 Å². The number of halogens is 2. The van der Waals surface area contributed by atoms with Gasteiger partial charge in [0.25, 0.3) is 5.91 Å². The number of nitrogens with zero attached hydrogens (tertiary/aromatic N) is 4. The molecule has 1 saturated heterocycles. The van der Waals surface area contributed by atoms with E-state index in [1.165, 1.54) is 0 Å². The summed E-state index contributed by atoms with van der Waals surface area (Å²) in [6, 6.07) is 17.1. The quantitative estimate of drug-likeness (QED) is 0.360. The number of benzene rings is 2. The molecule has 2 aromatic heterocycles. The molecule has 0 bridgehead atoms. The number of amides is 1. The van der Waals surface area contributed by atoms with Gasteiger partial charge >= 0.3 is 0 Å². The van der Waals surface area contributed by atoms with E-state index in [1.807, 2.05) is 62.4 Å². The molecule has 4 aromatic rings. The van der Waals surface area contributed by atoms with Crippen molar-refractivity contribution in [2.45, 2.75) is 32.4 Å². The summed E-state index contributed by atoms with van der Waals surface area (Å²) in [6.07, 6.45) is 2.09. The molecule has 1 amide bonds. The van der Waals surface area contributed by atoms with Gasteiger partial charge < -0.3 is 10.2 Å². The van der Waals surface area contributed by atoms with Gasteiger partial charge in [0.1, 0.15) is 21.7 Å². The molecule has 1 aliphatic heterocycles. The number of aromatic nitrogens is 3. The second-order valence-electron chi connectivity index (χ2n) is 8.82. The van der Waals surface area contributed by atoms with Crippen LogP contribution in [0.3, 0.4) is 0 Å². The number of fused-ring (bicyclic) bond motifs is 1. The highest BCUT2D eigenvalue weighted by atomic mass is 79.9. The van der Waals surface area contributed by atoms with E-state index in [-0.39, 0.29) is 18.7 Å². The number of hydrogen-bond donors (Lipinski definition) is 1. The molecule has 34 heavy (non-hydrogen) atoms. The number of carbonyl (C=O) groups excluding carboxylic acids is 1. The van der Waals surface area contributed by atoms with Gasteiger partial charge in [-0.15, -0.1) is 0 Å². The zero-order chi connectivity index (χ0) is 23.9. The predicted octanol–water partition coefficient (Wildman–Crippen LogP) is 5.95. The van der Waals surface area contributed by atoms with Crippen LogP contribution in [-0.2, 0) is 5.67 Å². The average Bonchev–Trinajstić information content (AvgIpc) is 3.23. The van der Waals surface area contributed by atoms with Crippen LogP contribution in [0.2, 0.25) is 0 Å². The Labute approximate surface area is 205 Å². The molecule has 0 unspecified atom stereocenters. The number of anilines is 2. The molecule has 1 fully saturated rings. The Balaban J connectivity index is 1.47. The molecule has 8 heteroatoms. The number of hydrogen-bond acceptors (Lipinski definition) is 4. The summed E-state index contributed by atoms with van der Waals surface area (Å²) in [6.45, 7) is 4.69. The predicted molar refractivity (Wildman–Crippen MR) is 134 cm³/mol. The maximum Gasteiger partial charge on any atom is 0.259 e. The first-order chi connectivity index (χ1) is 16.3. The smallest absolute Gasteiger partial charge is 0.259 e. The van der Waals surface area contributed by atoms with Crippen molar-refractivity contribution < 1.29 is 9.18 Å². The molecular weight excluding hydrogens is 497 g/mol. The summed E-state index contributed by atoms with van der Waals surface area (Å²) in [4.78, 5) is 19.8. The van der Waals surface area contributed by atoms with Crippen LogP contribution in [0.15, 0.2) is 65.4 Å². The Morgan fingerprint density at radius 3 is 2.56 bits per heavy atom. The lowest BCUT2D eigenvalue weighted by atomic mass is 9.86.